The average Bonchev–Trinajstić information content (AvgIpc) is 2.70. The van der Waals surface area contributed by atoms with E-state index < -0.39 is 0 Å². The molecule has 1 unspecified atom stereocenters. The van der Waals surface area contributed by atoms with Crippen LogP contribution in [0.1, 0.15) is 25.0 Å². The number of morpholine rings is 1. The lowest BCUT2D eigenvalue weighted by molar-refractivity contribution is 0.0529. The van der Waals surface area contributed by atoms with Crippen molar-refractivity contribution in [3.63, 3.8) is 0 Å². The predicted molar refractivity (Wildman–Crippen MR) is 112 cm³/mol. The molecule has 0 radical (unpaired) electrons. The molecule has 1 N–H and O–H groups in total. The summed E-state index contributed by atoms with van der Waals surface area (Å²) in [5.41, 5.74) is 2.17. The number of hydrogen-bond acceptors (Lipinski definition) is 6. The third-order valence-electron chi connectivity index (χ3n) is 4.61. The van der Waals surface area contributed by atoms with Crippen molar-refractivity contribution >= 4 is 17.4 Å². The second-order valence-corrected chi connectivity index (χ2v) is 7.20. The summed E-state index contributed by atoms with van der Waals surface area (Å²) in [6, 6.07) is 8.04. The number of rotatable bonds is 8. The zero-order chi connectivity index (χ0) is 19.9. The Morgan fingerprint density at radius 1 is 1.29 bits per heavy atom. The van der Waals surface area contributed by atoms with Gasteiger partial charge in [0.15, 0.2) is 11.5 Å². The second-order valence-electron chi connectivity index (χ2n) is 6.80. The zero-order valence-electron chi connectivity index (χ0n) is 16.7. The van der Waals surface area contributed by atoms with Crippen LogP contribution in [0.15, 0.2) is 30.5 Å². The van der Waals surface area contributed by atoms with E-state index in [1.54, 1.807) is 7.11 Å². The van der Waals surface area contributed by atoms with Crippen LogP contribution < -0.4 is 19.7 Å². The summed E-state index contributed by atoms with van der Waals surface area (Å²) in [5.74, 6) is 2.24. The summed E-state index contributed by atoms with van der Waals surface area (Å²) in [5, 5.41) is 3.98. The Kier molecular flexibility index (Phi) is 7.36. The molecule has 6 nitrogen and oxygen atoms in total. The molecular formula is C21H28ClN3O3. The topological polar surface area (TPSA) is 55.9 Å². The van der Waals surface area contributed by atoms with Crippen molar-refractivity contribution < 1.29 is 14.2 Å². The maximum Gasteiger partial charge on any atom is 0.179 e. The molecule has 1 aromatic heterocycles. The van der Waals surface area contributed by atoms with Crippen molar-refractivity contribution in [2.75, 3.05) is 38.3 Å². The van der Waals surface area contributed by atoms with Crippen LogP contribution in [0.3, 0.4) is 0 Å². The van der Waals surface area contributed by atoms with E-state index in [0.717, 1.165) is 43.2 Å². The summed E-state index contributed by atoms with van der Waals surface area (Å²) in [4.78, 5) is 6.87. The van der Waals surface area contributed by atoms with Crippen molar-refractivity contribution in [2.24, 2.45) is 0 Å². The Labute approximate surface area is 171 Å². The van der Waals surface area contributed by atoms with E-state index in [0.29, 0.717) is 29.7 Å². The minimum absolute atomic E-state index is 0.245. The lowest BCUT2D eigenvalue weighted by Gasteiger charge is -2.32. The Bertz CT molecular complexity index is 770. The first-order chi connectivity index (χ1) is 13.6. The highest BCUT2D eigenvalue weighted by molar-refractivity contribution is 6.32. The summed E-state index contributed by atoms with van der Waals surface area (Å²) in [7, 11) is 1.62. The molecule has 2 heterocycles. The second kappa shape index (κ2) is 9.96. The molecule has 1 saturated heterocycles. The SMILES string of the molecule is CCOc1c(Cl)cc(CNCc2ccc(N3CCOC(C)C3)nc2)cc1OC. The van der Waals surface area contributed by atoms with Crippen molar-refractivity contribution in [3.8, 4) is 11.5 Å². The normalized spacial score (nSPS) is 16.9. The van der Waals surface area contributed by atoms with E-state index in [4.69, 9.17) is 25.8 Å². The van der Waals surface area contributed by atoms with Crippen molar-refractivity contribution in [3.05, 3.63) is 46.6 Å². The molecule has 1 aliphatic rings. The van der Waals surface area contributed by atoms with E-state index in [1.807, 2.05) is 25.3 Å². The Morgan fingerprint density at radius 2 is 2.11 bits per heavy atom. The highest BCUT2D eigenvalue weighted by atomic mass is 35.5. The summed E-state index contributed by atoms with van der Waals surface area (Å²) in [6.07, 6.45) is 2.17. The minimum Gasteiger partial charge on any atom is -0.493 e. The van der Waals surface area contributed by atoms with Gasteiger partial charge in [0, 0.05) is 32.4 Å². The molecule has 3 rings (SSSR count). The van der Waals surface area contributed by atoms with Gasteiger partial charge in [-0.15, -0.1) is 0 Å². The number of nitrogens with one attached hydrogen (secondary N) is 1. The number of halogens is 1. The number of nitrogens with zero attached hydrogens (tertiary/aromatic N) is 2. The Morgan fingerprint density at radius 3 is 2.79 bits per heavy atom. The summed E-state index contributed by atoms with van der Waals surface area (Å²) >= 11 is 6.33. The number of ether oxygens (including phenoxy) is 3. The predicted octanol–water partition coefficient (Wildman–Crippen LogP) is 3.66. The molecule has 1 fully saturated rings. The van der Waals surface area contributed by atoms with Gasteiger partial charge in [-0.05, 0) is 43.2 Å². The molecule has 28 heavy (non-hydrogen) atoms. The first kappa shape index (κ1) is 20.7. The molecule has 152 valence electrons. The smallest absolute Gasteiger partial charge is 0.179 e. The van der Waals surface area contributed by atoms with Crippen molar-refractivity contribution in [1.82, 2.24) is 10.3 Å². The molecule has 0 saturated carbocycles. The number of benzene rings is 1. The van der Waals surface area contributed by atoms with Gasteiger partial charge in [0.1, 0.15) is 5.82 Å². The molecule has 0 bridgehead atoms. The lowest BCUT2D eigenvalue weighted by atomic mass is 10.2. The van der Waals surface area contributed by atoms with Gasteiger partial charge in [-0.3, -0.25) is 0 Å². The van der Waals surface area contributed by atoms with Gasteiger partial charge in [0.05, 0.1) is 31.5 Å². The molecule has 7 heteroatoms. The molecule has 1 atom stereocenters. The van der Waals surface area contributed by atoms with Crippen LogP contribution in [-0.4, -0.2) is 44.5 Å². The van der Waals surface area contributed by atoms with Crippen LogP contribution in [-0.2, 0) is 17.8 Å². The van der Waals surface area contributed by atoms with Crippen LogP contribution in [0.25, 0.3) is 0 Å². The van der Waals surface area contributed by atoms with E-state index in [-0.39, 0.29) is 6.10 Å². The number of methoxy groups -OCH3 is 1. The number of hydrogen-bond donors (Lipinski definition) is 1. The first-order valence-electron chi connectivity index (χ1n) is 9.62. The minimum atomic E-state index is 0.245. The average molecular weight is 406 g/mol. The first-order valence-corrected chi connectivity index (χ1v) is 10.00. The molecule has 2 aromatic rings. The van der Waals surface area contributed by atoms with Gasteiger partial charge >= 0.3 is 0 Å². The molecule has 1 aromatic carbocycles. The van der Waals surface area contributed by atoms with Gasteiger partial charge < -0.3 is 24.4 Å². The fourth-order valence-electron chi connectivity index (χ4n) is 3.25. The van der Waals surface area contributed by atoms with Crippen LogP contribution >= 0.6 is 11.6 Å². The highest BCUT2D eigenvalue weighted by Gasteiger charge is 2.17. The fraction of sp³-hybridized carbons (Fsp3) is 0.476. The zero-order valence-corrected chi connectivity index (χ0v) is 17.5. The molecule has 1 aliphatic heterocycles. The Hall–Kier alpha value is -2.02. The monoisotopic (exact) mass is 405 g/mol. The van der Waals surface area contributed by atoms with E-state index in [9.17, 15) is 0 Å². The standard InChI is InChI=1S/C21H28ClN3O3/c1-4-27-21-18(22)9-17(10-19(21)26-3)12-23-11-16-5-6-20(24-13-16)25-7-8-28-15(2)14-25/h5-6,9-10,13,15,23H,4,7-8,11-12,14H2,1-3H3. The number of anilines is 1. The quantitative estimate of drug-likeness (QED) is 0.723. The van der Waals surface area contributed by atoms with Crippen LogP contribution in [0.2, 0.25) is 5.02 Å². The van der Waals surface area contributed by atoms with Crippen LogP contribution in [0, 0.1) is 0 Å². The van der Waals surface area contributed by atoms with Gasteiger partial charge in [0.2, 0.25) is 0 Å². The van der Waals surface area contributed by atoms with Gasteiger partial charge in [-0.25, -0.2) is 4.98 Å². The number of aromatic nitrogens is 1. The maximum atomic E-state index is 6.33. The van der Waals surface area contributed by atoms with Crippen molar-refractivity contribution in [2.45, 2.75) is 33.0 Å². The Balaban J connectivity index is 1.55. The third kappa shape index (κ3) is 5.28. The van der Waals surface area contributed by atoms with Gasteiger partial charge in [-0.2, -0.15) is 0 Å². The van der Waals surface area contributed by atoms with Gasteiger partial charge in [-0.1, -0.05) is 17.7 Å². The molecule has 0 spiro atoms. The van der Waals surface area contributed by atoms with E-state index in [1.165, 1.54) is 0 Å². The summed E-state index contributed by atoms with van der Waals surface area (Å²) in [6.45, 7) is 8.46. The lowest BCUT2D eigenvalue weighted by Crippen LogP contribution is -2.41. The van der Waals surface area contributed by atoms with Crippen LogP contribution in [0.5, 0.6) is 11.5 Å². The number of pyridine rings is 1. The van der Waals surface area contributed by atoms with E-state index >= 15 is 0 Å². The molecular weight excluding hydrogens is 378 g/mol. The van der Waals surface area contributed by atoms with E-state index in [2.05, 4.69) is 34.3 Å². The fourth-order valence-corrected chi connectivity index (χ4v) is 3.53. The molecule has 0 aliphatic carbocycles. The van der Waals surface area contributed by atoms with Crippen LogP contribution in [0.4, 0.5) is 5.82 Å². The summed E-state index contributed by atoms with van der Waals surface area (Å²) < 4.78 is 16.5. The molecule has 0 amide bonds. The third-order valence-corrected chi connectivity index (χ3v) is 4.89. The van der Waals surface area contributed by atoms with Gasteiger partial charge in [0.25, 0.3) is 0 Å². The maximum absolute atomic E-state index is 6.33. The highest BCUT2D eigenvalue weighted by Crippen LogP contribution is 2.36. The largest absolute Gasteiger partial charge is 0.493 e. The van der Waals surface area contributed by atoms with Crippen molar-refractivity contribution in [1.29, 1.82) is 0 Å².